The van der Waals surface area contributed by atoms with Gasteiger partial charge in [0.15, 0.2) is 0 Å². The maximum Gasteiger partial charge on any atom is 0.243 e. The van der Waals surface area contributed by atoms with Crippen LogP contribution in [0.15, 0.2) is 34.1 Å². The average molecular weight is 410 g/mol. The lowest BCUT2D eigenvalue weighted by atomic mass is 10.1. The van der Waals surface area contributed by atoms with Gasteiger partial charge in [-0.15, -0.1) is 12.4 Å². The largest absolute Gasteiger partial charge is 0.315 e. The van der Waals surface area contributed by atoms with E-state index in [9.17, 15) is 16.8 Å². The van der Waals surface area contributed by atoms with Gasteiger partial charge in [-0.1, -0.05) is 6.07 Å². The van der Waals surface area contributed by atoms with Gasteiger partial charge < -0.3 is 5.32 Å². The lowest BCUT2D eigenvalue weighted by Crippen LogP contribution is -2.45. The van der Waals surface area contributed by atoms with Crippen LogP contribution in [0.25, 0.3) is 0 Å². The highest BCUT2D eigenvalue weighted by Crippen LogP contribution is 2.23. The van der Waals surface area contributed by atoms with E-state index in [0.29, 0.717) is 19.6 Å². The minimum Gasteiger partial charge on any atom is -0.315 e. The molecule has 0 aromatic heterocycles. The van der Waals surface area contributed by atoms with Gasteiger partial charge in [0.1, 0.15) is 0 Å². The Kier molecular flexibility index (Phi) is 6.86. The van der Waals surface area contributed by atoms with E-state index in [0.717, 1.165) is 32.2 Å². The summed E-state index contributed by atoms with van der Waals surface area (Å²) in [7, 11) is -7.36. The van der Waals surface area contributed by atoms with Crippen LogP contribution in [0.2, 0.25) is 0 Å². The molecule has 3 rings (SSSR count). The third-order valence-corrected chi connectivity index (χ3v) is 7.85. The normalized spacial score (nSPS) is 22.5. The van der Waals surface area contributed by atoms with Crippen LogP contribution in [0, 0.1) is 0 Å². The van der Waals surface area contributed by atoms with Gasteiger partial charge in [-0.3, -0.25) is 0 Å². The molecule has 0 bridgehead atoms. The number of benzene rings is 1. The standard InChI is InChI=1S/C15H23N3O4S2.ClH/c19-23(20,17-13-5-4-8-16-12-13)14-6-3-7-15(11-14)24(21,22)18-9-1-2-10-18;/h3,6-7,11,13,16-17H,1-2,4-5,8-10,12H2;1H. The van der Waals surface area contributed by atoms with Gasteiger partial charge in [0.25, 0.3) is 0 Å². The molecule has 2 fully saturated rings. The molecule has 1 aromatic carbocycles. The molecule has 1 unspecified atom stereocenters. The van der Waals surface area contributed by atoms with Crippen LogP contribution in [0.1, 0.15) is 25.7 Å². The summed E-state index contributed by atoms with van der Waals surface area (Å²) < 4.78 is 54.4. The molecule has 0 saturated carbocycles. The fourth-order valence-electron chi connectivity index (χ4n) is 3.12. The first-order valence-corrected chi connectivity index (χ1v) is 11.2. The minimum atomic E-state index is -3.74. The van der Waals surface area contributed by atoms with E-state index < -0.39 is 20.0 Å². The molecule has 2 aliphatic rings. The number of nitrogens with one attached hydrogen (secondary N) is 2. The van der Waals surface area contributed by atoms with Crippen molar-refractivity contribution in [2.24, 2.45) is 0 Å². The summed E-state index contributed by atoms with van der Waals surface area (Å²) in [4.78, 5) is 0.0300. The van der Waals surface area contributed by atoms with Crippen LogP contribution < -0.4 is 10.0 Å². The fourth-order valence-corrected chi connectivity index (χ4v) is 6.07. The van der Waals surface area contributed by atoms with Crippen molar-refractivity contribution >= 4 is 32.5 Å². The van der Waals surface area contributed by atoms with E-state index >= 15 is 0 Å². The lowest BCUT2D eigenvalue weighted by molar-refractivity contribution is 0.428. The second-order valence-corrected chi connectivity index (χ2v) is 9.90. The summed E-state index contributed by atoms with van der Waals surface area (Å²) >= 11 is 0. The molecule has 142 valence electrons. The maximum atomic E-state index is 12.6. The molecule has 2 N–H and O–H groups in total. The van der Waals surface area contributed by atoms with Gasteiger partial charge >= 0.3 is 0 Å². The van der Waals surface area contributed by atoms with Crippen molar-refractivity contribution in [2.75, 3.05) is 26.2 Å². The van der Waals surface area contributed by atoms with E-state index in [-0.39, 0.29) is 28.2 Å². The third-order valence-electron chi connectivity index (χ3n) is 4.44. The predicted molar refractivity (Wildman–Crippen MR) is 97.9 cm³/mol. The van der Waals surface area contributed by atoms with E-state index in [1.807, 2.05) is 0 Å². The van der Waals surface area contributed by atoms with Crippen LogP contribution in [0.3, 0.4) is 0 Å². The van der Waals surface area contributed by atoms with Crippen LogP contribution in [0.4, 0.5) is 0 Å². The highest BCUT2D eigenvalue weighted by molar-refractivity contribution is 7.90. The summed E-state index contributed by atoms with van der Waals surface area (Å²) in [5.74, 6) is 0. The number of halogens is 1. The van der Waals surface area contributed by atoms with E-state index in [4.69, 9.17) is 0 Å². The van der Waals surface area contributed by atoms with E-state index in [2.05, 4.69) is 10.0 Å². The first-order chi connectivity index (χ1) is 11.4. The maximum absolute atomic E-state index is 12.6. The first kappa shape index (κ1) is 20.6. The SMILES string of the molecule is Cl.O=S(=O)(NC1CCCNC1)c1cccc(S(=O)(=O)N2CCCC2)c1. The number of piperidine rings is 1. The molecule has 0 radical (unpaired) electrons. The summed E-state index contributed by atoms with van der Waals surface area (Å²) in [6.45, 7) is 2.46. The zero-order valence-corrected chi connectivity index (χ0v) is 16.3. The molecular weight excluding hydrogens is 386 g/mol. The zero-order chi connectivity index (χ0) is 17.2. The summed E-state index contributed by atoms with van der Waals surface area (Å²) in [6, 6.07) is 5.46. The van der Waals surface area contributed by atoms with Crippen molar-refractivity contribution in [2.45, 2.75) is 41.5 Å². The molecular formula is C15H24ClN3O4S2. The quantitative estimate of drug-likeness (QED) is 0.754. The summed E-state index contributed by atoms with van der Waals surface area (Å²) in [5, 5.41) is 3.15. The Hall–Kier alpha value is -0.710. The van der Waals surface area contributed by atoms with E-state index in [1.165, 1.54) is 28.6 Å². The Labute approximate surface area is 155 Å². The Bertz CT molecular complexity index is 787. The van der Waals surface area contributed by atoms with Gasteiger partial charge in [0, 0.05) is 25.7 Å². The van der Waals surface area contributed by atoms with Gasteiger partial charge in [0.05, 0.1) is 9.79 Å². The van der Waals surface area contributed by atoms with Crippen molar-refractivity contribution in [1.29, 1.82) is 0 Å². The highest BCUT2D eigenvalue weighted by Gasteiger charge is 2.29. The monoisotopic (exact) mass is 409 g/mol. The second-order valence-electron chi connectivity index (χ2n) is 6.25. The Balaban J connectivity index is 0.00000225. The molecule has 0 aliphatic carbocycles. The van der Waals surface area contributed by atoms with Gasteiger partial charge in [-0.2, -0.15) is 4.31 Å². The predicted octanol–water partition coefficient (Wildman–Crippen LogP) is 0.923. The van der Waals surface area contributed by atoms with Crippen LogP contribution in [-0.4, -0.2) is 53.4 Å². The second kappa shape index (κ2) is 8.32. The van der Waals surface area contributed by atoms with Crippen molar-refractivity contribution in [3.8, 4) is 0 Å². The lowest BCUT2D eigenvalue weighted by Gasteiger charge is -2.23. The molecule has 1 aromatic rings. The molecule has 2 saturated heterocycles. The van der Waals surface area contributed by atoms with Gasteiger partial charge in [0.2, 0.25) is 20.0 Å². The number of nitrogens with zero attached hydrogens (tertiary/aromatic N) is 1. The molecule has 1 atom stereocenters. The van der Waals surface area contributed by atoms with E-state index in [1.54, 1.807) is 0 Å². The molecule has 10 heteroatoms. The Morgan fingerprint density at radius 2 is 1.72 bits per heavy atom. The van der Waals surface area contributed by atoms with Crippen molar-refractivity contribution in [1.82, 2.24) is 14.3 Å². The Morgan fingerprint density at radius 3 is 2.36 bits per heavy atom. The minimum absolute atomic E-state index is 0. The fraction of sp³-hybridized carbons (Fsp3) is 0.600. The molecule has 0 spiro atoms. The van der Waals surface area contributed by atoms with Crippen molar-refractivity contribution in [3.63, 3.8) is 0 Å². The molecule has 7 nitrogen and oxygen atoms in total. The number of hydrogen-bond acceptors (Lipinski definition) is 5. The average Bonchev–Trinajstić information content (AvgIpc) is 3.11. The third kappa shape index (κ3) is 4.72. The van der Waals surface area contributed by atoms with Crippen LogP contribution >= 0.6 is 12.4 Å². The molecule has 25 heavy (non-hydrogen) atoms. The van der Waals surface area contributed by atoms with Crippen molar-refractivity contribution in [3.05, 3.63) is 24.3 Å². The summed E-state index contributed by atoms with van der Waals surface area (Å²) in [5.41, 5.74) is 0. The molecule has 2 heterocycles. The topological polar surface area (TPSA) is 95.6 Å². The zero-order valence-electron chi connectivity index (χ0n) is 13.8. The Morgan fingerprint density at radius 1 is 1.04 bits per heavy atom. The van der Waals surface area contributed by atoms with Crippen LogP contribution in [0.5, 0.6) is 0 Å². The molecule has 0 amide bonds. The molecule has 2 aliphatic heterocycles. The van der Waals surface area contributed by atoms with Gasteiger partial charge in [-0.25, -0.2) is 21.6 Å². The smallest absolute Gasteiger partial charge is 0.243 e. The number of sulfonamides is 2. The first-order valence-electron chi connectivity index (χ1n) is 8.23. The van der Waals surface area contributed by atoms with Crippen molar-refractivity contribution < 1.29 is 16.8 Å². The summed E-state index contributed by atoms with van der Waals surface area (Å²) in [6.07, 6.45) is 3.37. The van der Waals surface area contributed by atoms with Crippen LogP contribution in [-0.2, 0) is 20.0 Å². The number of hydrogen-bond donors (Lipinski definition) is 2. The van der Waals surface area contributed by atoms with Gasteiger partial charge in [-0.05, 0) is 50.4 Å². The highest BCUT2D eigenvalue weighted by atomic mass is 35.5. The number of rotatable bonds is 5.